The van der Waals surface area contributed by atoms with Crippen molar-refractivity contribution in [2.75, 3.05) is 4.90 Å². The van der Waals surface area contributed by atoms with E-state index in [1.807, 2.05) is 0 Å². The Bertz CT molecular complexity index is 2930. The lowest BCUT2D eigenvalue weighted by Gasteiger charge is -2.26. The molecule has 10 rings (SSSR count). The van der Waals surface area contributed by atoms with Gasteiger partial charge < -0.3 is 9.47 Å². The van der Waals surface area contributed by atoms with E-state index in [4.69, 9.17) is 0 Å². The van der Waals surface area contributed by atoms with Gasteiger partial charge in [0.25, 0.3) is 0 Å². The van der Waals surface area contributed by atoms with Crippen LogP contribution in [0.2, 0.25) is 0 Å². The third-order valence-corrected chi connectivity index (χ3v) is 10.8. The van der Waals surface area contributed by atoms with Crippen molar-refractivity contribution in [3.63, 3.8) is 0 Å². The molecular formula is C54H38N2. The molecule has 0 bridgehead atoms. The fourth-order valence-electron chi connectivity index (χ4n) is 8.02. The third kappa shape index (κ3) is 6.24. The van der Waals surface area contributed by atoms with Crippen LogP contribution in [0, 0.1) is 0 Å². The van der Waals surface area contributed by atoms with Gasteiger partial charge in [0.1, 0.15) is 0 Å². The molecule has 0 N–H and O–H groups in total. The zero-order valence-electron chi connectivity index (χ0n) is 30.8. The second-order valence-corrected chi connectivity index (χ2v) is 14.2. The molecule has 1 heterocycles. The minimum atomic E-state index is 1.10. The maximum Gasteiger partial charge on any atom is 0.0541 e. The van der Waals surface area contributed by atoms with Gasteiger partial charge in [-0.25, -0.2) is 0 Å². The van der Waals surface area contributed by atoms with E-state index in [9.17, 15) is 0 Å². The fourth-order valence-corrected chi connectivity index (χ4v) is 8.02. The number of hydrogen-bond acceptors (Lipinski definition) is 1. The van der Waals surface area contributed by atoms with Crippen LogP contribution in [0.4, 0.5) is 17.1 Å². The predicted molar refractivity (Wildman–Crippen MR) is 237 cm³/mol. The normalized spacial score (nSPS) is 11.2. The second kappa shape index (κ2) is 14.4. The zero-order valence-corrected chi connectivity index (χ0v) is 30.8. The summed E-state index contributed by atoms with van der Waals surface area (Å²) >= 11 is 0. The lowest BCUT2D eigenvalue weighted by molar-refractivity contribution is 1.18. The molecule has 0 aliphatic rings. The number of rotatable bonds is 8. The first-order chi connectivity index (χ1) is 27.8. The molecule has 0 amide bonds. The molecule has 0 atom stereocenters. The SMILES string of the molecule is c1ccc(-c2ccc(N(c3ccc(-c4cccc(-c5ccc6c(c5)c5ccccc5n6-c5ccccc5)c4)cc3)c3cccc(-c4ccccc4)c3)cc2)cc1. The highest BCUT2D eigenvalue weighted by molar-refractivity contribution is 6.10. The standard InChI is InChI=1S/C54H38N2/c1-4-14-39(15-5-1)41-26-31-48(32-27-41)55(50-23-13-20-45(37-50)40-16-6-2-7-17-40)49-33-28-42(29-34-49)43-18-12-19-44(36-43)46-30-35-54-52(38-46)51-24-10-11-25-53(51)56(54)47-21-8-3-9-22-47/h1-38H. The molecule has 2 nitrogen and oxygen atoms in total. The number of hydrogen-bond donors (Lipinski definition) is 0. The van der Waals surface area contributed by atoms with Crippen molar-refractivity contribution in [2.24, 2.45) is 0 Å². The minimum absolute atomic E-state index is 1.10. The number of nitrogens with zero attached hydrogens (tertiary/aromatic N) is 2. The smallest absolute Gasteiger partial charge is 0.0541 e. The van der Waals surface area contributed by atoms with Gasteiger partial charge in [0.15, 0.2) is 0 Å². The Morgan fingerprint density at radius 1 is 0.250 bits per heavy atom. The topological polar surface area (TPSA) is 8.17 Å². The van der Waals surface area contributed by atoms with E-state index < -0.39 is 0 Å². The summed E-state index contributed by atoms with van der Waals surface area (Å²) in [5.41, 5.74) is 16.5. The quantitative estimate of drug-likeness (QED) is 0.152. The Morgan fingerprint density at radius 2 is 0.679 bits per heavy atom. The molecule has 0 radical (unpaired) electrons. The predicted octanol–water partition coefficient (Wildman–Crippen LogP) is 14.9. The molecule has 0 saturated heterocycles. The molecule has 10 aromatic rings. The van der Waals surface area contributed by atoms with Gasteiger partial charge >= 0.3 is 0 Å². The van der Waals surface area contributed by atoms with Crippen molar-refractivity contribution < 1.29 is 0 Å². The number of aromatic nitrogens is 1. The van der Waals surface area contributed by atoms with Gasteiger partial charge in [0.2, 0.25) is 0 Å². The van der Waals surface area contributed by atoms with Gasteiger partial charge in [-0.15, -0.1) is 0 Å². The van der Waals surface area contributed by atoms with E-state index in [2.05, 4.69) is 240 Å². The summed E-state index contributed by atoms with van der Waals surface area (Å²) in [4.78, 5) is 2.35. The average Bonchev–Trinajstić information content (AvgIpc) is 3.62. The van der Waals surface area contributed by atoms with Crippen molar-refractivity contribution >= 4 is 38.9 Å². The molecular weight excluding hydrogens is 677 g/mol. The van der Waals surface area contributed by atoms with Crippen LogP contribution >= 0.6 is 0 Å². The van der Waals surface area contributed by atoms with Gasteiger partial charge in [-0.3, -0.25) is 0 Å². The van der Waals surface area contributed by atoms with Crippen molar-refractivity contribution in [1.82, 2.24) is 4.57 Å². The highest BCUT2D eigenvalue weighted by Crippen LogP contribution is 2.40. The summed E-state index contributed by atoms with van der Waals surface area (Å²) in [6.45, 7) is 0. The largest absolute Gasteiger partial charge is 0.310 e. The molecule has 0 aliphatic carbocycles. The minimum Gasteiger partial charge on any atom is -0.310 e. The van der Waals surface area contributed by atoms with Crippen LogP contribution in [-0.4, -0.2) is 4.57 Å². The average molecular weight is 715 g/mol. The number of para-hydroxylation sites is 2. The Morgan fingerprint density at radius 3 is 1.34 bits per heavy atom. The summed E-state index contributed by atoms with van der Waals surface area (Å²) in [6.07, 6.45) is 0. The van der Waals surface area contributed by atoms with Crippen LogP contribution in [0.3, 0.4) is 0 Å². The van der Waals surface area contributed by atoms with Gasteiger partial charge in [-0.1, -0.05) is 158 Å². The number of benzene rings is 9. The zero-order chi connectivity index (χ0) is 37.3. The lowest BCUT2D eigenvalue weighted by atomic mass is 9.97. The molecule has 56 heavy (non-hydrogen) atoms. The summed E-state index contributed by atoms with van der Waals surface area (Å²) in [6, 6.07) is 83.0. The lowest BCUT2D eigenvalue weighted by Crippen LogP contribution is -2.10. The van der Waals surface area contributed by atoms with E-state index in [1.165, 1.54) is 72.0 Å². The van der Waals surface area contributed by atoms with Crippen molar-refractivity contribution in [3.8, 4) is 50.2 Å². The first-order valence-electron chi connectivity index (χ1n) is 19.2. The molecule has 1 aromatic heterocycles. The first kappa shape index (κ1) is 33.2. The van der Waals surface area contributed by atoms with Crippen LogP contribution in [-0.2, 0) is 0 Å². The second-order valence-electron chi connectivity index (χ2n) is 14.2. The molecule has 9 aromatic carbocycles. The molecule has 0 spiro atoms. The van der Waals surface area contributed by atoms with Crippen LogP contribution in [0.25, 0.3) is 72.0 Å². The van der Waals surface area contributed by atoms with E-state index in [0.717, 1.165) is 17.1 Å². The number of anilines is 3. The maximum absolute atomic E-state index is 2.37. The maximum atomic E-state index is 2.37. The Hall–Kier alpha value is -7.42. The van der Waals surface area contributed by atoms with Crippen LogP contribution in [0.1, 0.15) is 0 Å². The fraction of sp³-hybridized carbons (Fsp3) is 0. The van der Waals surface area contributed by atoms with Crippen molar-refractivity contribution in [1.29, 1.82) is 0 Å². The van der Waals surface area contributed by atoms with Gasteiger partial charge in [0, 0.05) is 33.5 Å². The first-order valence-corrected chi connectivity index (χ1v) is 19.2. The molecule has 0 saturated carbocycles. The molecule has 0 fully saturated rings. The molecule has 0 unspecified atom stereocenters. The van der Waals surface area contributed by atoms with Crippen LogP contribution in [0.5, 0.6) is 0 Å². The summed E-state index contributed by atoms with van der Waals surface area (Å²) in [7, 11) is 0. The van der Waals surface area contributed by atoms with Gasteiger partial charge in [0.05, 0.1) is 11.0 Å². The highest BCUT2D eigenvalue weighted by Gasteiger charge is 2.16. The summed E-state index contributed by atoms with van der Waals surface area (Å²) in [5, 5.41) is 2.51. The van der Waals surface area contributed by atoms with E-state index in [-0.39, 0.29) is 0 Å². The Balaban J connectivity index is 1.01. The summed E-state index contributed by atoms with van der Waals surface area (Å²) in [5.74, 6) is 0. The molecule has 2 heteroatoms. The van der Waals surface area contributed by atoms with Gasteiger partial charge in [-0.05, 0) is 117 Å². The van der Waals surface area contributed by atoms with Crippen molar-refractivity contribution in [3.05, 3.63) is 231 Å². The summed E-state index contributed by atoms with van der Waals surface area (Å²) < 4.78 is 2.37. The Kier molecular flexibility index (Phi) is 8.55. The van der Waals surface area contributed by atoms with Crippen LogP contribution in [0.15, 0.2) is 231 Å². The third-order valence-electron chi connectivity index (χ3n) is 10.8. The monoisotopic (exact) mass is 714 g/mol. The van der Waals surface area contributed by atoms with E-state index in [0.29, 0.717) is 0 Å². The van der Waals surface area contributed by atoms with E-state index in [1.54, 1.807) is 0 Å². The van der Waals surface area contributed by atoms with E-state index >= 15 is 0 Å². The number of fused-ring (bicyclic) bond motifs is 3. The highest BCUT2D eigenvalue weighted by atomic mass is 15.1. The van der Waals surface area contributed by atoms with Gasteiger partial charge in [-0.2, -0.15) is 0 Å². The molecule has 0 aliphatic heterocycles. The van der Waals surface area contributed by atoms with Crippen LogP contribution < -0.4 is 4.90 Å². The van der Waals surface area contributed by atoms with Crippen molar-refractivity contribution in [2.45, 2.75) is 0 Å². The Labute approximate surface area is 327 Å². The molecule has 264 valence electrons.